The van der Waals surface area contributed by atoms with Crippen molar-refractivity contribution < 1.29 is 4.74 Å². The molecular formula is C13H22N2O. The fourth-order valence-electron chi connectivity index (χ4n) is 1.34. The second kappa shape index (κ2) is 7.23. The Bertz CT molecular complexity index is 300. The average Bonchev–Trinajstić information content (AvgIpc) is 2.27. The Morgan fingerprint density at radius 3 is 2.94 bits per heavy atom. The quantitative estimate of drug-likeness (QED) is 0.770. The van der Waals surface area contributed by atoms with Crippen LogP contribution in [0.1, 0.15) is 32.8 Å². The van der Waals surface area contributed by atoms with Crippen molar-refractivity contribution in [2.75, 3.05) is 13.2 Å². The molecule has 3 heteroatoms. The molecule has 1 rings (SSSR count). The standard InChI is InChI=1S/C13H22N2O/c1-4-14-10-12-6-5-8-15-13(12)16-9-7-11(2)3/h5-6,8,11,14H,4,7,9-10H2,1-3H3. The van der Waals surface area contributed by atoms with Crippen LogP contribution in [-0.4, -0.2) is 18.1 Å². The molecule has 1 N–H and O–H groups in total. The molecule has 0 aliphatic rings. The van der Waals surface area contributed by atoms with Gasteiger partial charge in [-0.1, -0.05) is 26.8 Å². The highest BCUT2D eigenvalue weighted by Crippen LogP contribution is 2.14. The molecule has 90 valence electrons. The van der Waals surface area contributed by atoms with E-state index >= 15 is 0 Å². The molecule has 16 heavy (non-hydrogen) atoms. The van der Waals surface area contributed by atoms with Gasteiger partial charge in [0.05, 0.1) is 6.61 Å². The summed E-state index contributed by atoms with van der Waals surface area (Å²) in [4.78, 5) is 4.27. The maximum Gasteiger partial charge on any atom is 0.217 e. The Hall–Kier alpha value is -1.09. The van der Waals surface area contributed by atoms with Crippen LogP contribution in [0.15, 0.2) is 18.3 Å². The zero-order valence-corrected chi connectivity index (χ0v) is 10.5. The minimum atomic E-state index is 0.668. The molecule has 0 aliphatic heterocycles. The summed E-state index contributed by atoms with van der Waals surface area (Å²) in [5.41, 5.74) is 1.13. The SMILES string of the molecule is CCNCc1cccnc1OCCC(C)C. The molecule has 1 aromatic heterocycles. The minimum Gasteiger partial charge on any atom is -0.477 e. The summed E-state index contributed by atoms with van der Waals surface area (Å²) in [5.74, 6) is 1.44. The highest BCUT2D eigenvalue weighted by molar-refractivity contribution is 5.25. The Labute approximate surface area is 98.2 Å². The van der Waals surface area contributed by atoms with Crippen LogP contribution >= 0.6 is 0 Å². The van der Waals surface area contributed by atoms with Crippen LogP contribution in [0.2, 0.25) is 0 Å². The first-order valence-electron chi connectivity index (χ1n) is 6.01. The van der Waals surface area contributed by atoms with Crippen molar-refractivity contribution in [2.24, 2.45) is 5.92 Å². The van der Waals surface area contributed by atoms with E-state index in [9.17, 15) is 0 Å². The topological polar surface area (TPSA) is 34.2 Å². The Morgan fingerprint density at radius 1 is 1.44 bits per heavy atom. The van der Waals surface area contributed by atoms with Crippen LogP contribution in [0, 0.1) is 5.92 Å². The van der Waals surface area contributed by atoms with Crippen molar-refractivity contribution in [3.8, 4) is 5.88 Å². The normalized spacial score (nSPS) is 10.8. The maximum atomic E-state index is 5.69. The minimum absolute atomic E-state index is 0.668. The molecule has 0 saturated heterocycles. The van der Waals surface area contributed by atoms with Gasteiger partial charge >= 0.3 is 0 Å². The van der Waals surface area contributed by atoms with E-state index in [1.807, 2.05) is 6.07 Å². The smallest absolute Gasteiger partial charge is 0.217 e. The third-order valence-corrected chi connectivity index (χ3v) is 2.35. The number of pyridine rings is 1. The number of hydrogen-bond acceptors (Lipinski definition) is 3. The first kappa shape index (κ1) is 13.0. The van der Waals surface area contributed by atoms with E-state index in [2.05, 4.69) is 37.1 Å². The monoisotopic (exact) mass is 222 g/mol. The van der Waals surface area contributed by atoms with Gasteiger partial charge in [-0.05, 0) is 24.9 Å². The lowest BCUT2D eigenvalue weighted by Gasteiger charge is -2.11. The van der Waals surface area contributed by atoms with Crippen LogP contribution in [0.25, 0.3) is 0 Å². The molecule has 1 heterocycles. The van der Waals surface area contributed by atoms with Crippen molar-refractivity contribution in [3.63, 3.8) is 0 Å². The molecule has 0 aliphatic carbocycles. The van der Waals surface area contributed by atoms with Crippen molar-refractivity contribution in [1.29, 1.82) is 0 Å². The van der Waals surface area contributed by atoms with E-state index < -0.39 is 0 Å². The van der Waals surface area contributed by atoms with E-state index in [1.54, 1.807) is 6.20 Å². The molecule has 0 saturated carbocycles. The second-order valence-electron chi connectivity index (χ2n) is 4.28. The van der Waals surface area contributed by atoms with E-state index in [-0.39, 0.29) is 0 Å². The lowest BCUT2D eigenvalue weighted by molar-refractivity contribution is 0.276. The molecule has 3 nitrogen and oxygen atoms in total. The van der Waals surface area contributed by atoms with Gasteiger partial charge in [-0.3, -0.25) is 0 Å². The van der Waals surface area contributed by atoms with Gasteiger partial charge in [-0.25, -0.2) is 4.98 Å². The van der Waals surface area contributed by atoms with Crippen molar-refractivity contribution in [2.45, 2.75) is 33.7 Å². The van der Waals surface area contributed by atoms with Crippen molar-refractivity contribution in [3.05, 3.63) is 23.9 Å². The highest BCUT2D eigenvalue weighted by atomic mass is 16.5. The summed E-state index contributed by atoms with van der Waals surface area (Å²) in [7, 11) is 0. The van der Waals surface area contributed by atoms with Crippen LogP contribution in [0.4, 0.5) is 0 Å². The van der Waals surface area contributed by atoms with Gasteiger partial charge in [0.2, 0.25) is 5.88 Å². The fraction of sp³-hybridized carbons (Fsp3) is 0.615. The van der Waals surface area contributed by atoms with Gasteiger partial charge in [0.15, 0.2) is 0 Å². The number of ether oxygens (including phenoxy) is 1. The first-order chi connectivity index (χ1) is 7.74. The molecule has 0 atom stereocenters. The number of nitrogens with one attached hydrogen (secondary N) is 1. The zero-order chi connectivity index (χ0) is 11.8. The van der Waals surface area contributed by atoms with Gasteiger partial charge in [0.25, 0.3) is 0 Å². The number of aromatic nitrogens is 1. The number of nitrogens with zero attached hydrogens (tertiary/aromatic N) is 1. The highest BCUT2D eigenvalue weighted by Gasteiger charge is 2.04. The molecule has 0 radical (unpaired) electrons. The predicted octanol–water partition coefficient (Wildman–Crippen LogP) is 2.62. The van der Waals surface area contributed by atoms with E-state index in [0.29, 0.717) is 5.92 Å². The molecule has 0 fully saturated rings. The fourth-order valence-corrected chi connectivity index (χ4v) is 1.34. The lowest BCUT2D eigenvalue weighted by Crippen LogP contribution is -2.14. The second-order valence-corrected chi connectivity index (χ2v) is 4.28. The molecule has 0 bridgehead atoms. The summed E-state index contributed by atoms with van der Waals surface area (Å²) < 4.78 is 5.69. The van der Waals surface area contributed by atoms with Gasteiger partial charge in [0.1, 0.15) is 0 Å². The Balaban J connectivity index is 2.49. The van der Waals surface area contributed by atoms with Crippen LogP contribution in [0.5, 0.6) is 5.88 Å². The summed E-state index contributed by atoms with van der Waals surface area (Å²) in [6, 6.07) is 4.00. The molecule has 0 unspecified atom stereocenters. The molecule has 0 spiro atoms. The van der Waals surface area contributed by atoms with Gasteiger partial charge in [-0.15, -0.1) is 0 Å². The predicted molar refractivity (Wildman–Crippen MR) is 66.6 cm³/mol. The average molecular weight is 222 g/mol. The summed E-state index contributed by atoms with van der Waals surface area (Å²) in [6.07, 6.45) is 2.84. The van der Waals surface area contributed by atoms with Gasteiger partial charge < -0.3 is 10.1 Å². The zero-order valence-electron chi connectivity index (χ0n) is 10.5. The van der Waals surface area contributed by atoms with E-state index in [4.69, 9.17) is 4.74 Å². The van der Waals surface area contributed by atoms with Crippen LogP contribution in [0.3, 0.4) is 0 Å². The van der Waals surface area contributed by atoms with E-state index in [0.717, 1.165) is 37.6 Å². The van der Waals surface area contributed by atoms with Crippen LogP contribution in [-0.2, 0) is 6.54 Å². The van der Waals surface area contributed by atoms with Gasteiger partial charge in [0, 0.05) is 18.3 Å². The summed E-state index contributed by atoms with van der Waals surface area (Å²) in [5, 5.41) is 3.28. The van der Waals surface area contributed by atoms with Crippen LogP contribution < -0.4 is 10.1 Å². The molecular weight excluding hydrogens is 200 g/mol. The number of hydrogen-bond donors (Lipinski definition) is 1. The van der Waals surface area contributed by atoms with Crippen molar-refractivity contribution in [1.82, 2.24) is 10.3 Å². The lowest BCUT2D eigenvalue weighted by atomic mass is 10.1. The van der Waals surface area contributed by atoms with Gasteiger partial charge in [-0.2, -0.15) is 0 Å². The summed E-state index contributed by atoms with van der Waals surface area (Å²) >= 11 is 0. The molecule has 0 aromatic carbocycles. The first-order valence-corrected chi connectivity index (χ1v) is 6.01. The molecule has 0 amide bonds. The third-order valence-electron chi connectivity index (χ3n) is 2.35. The Morgan fingerprint density at radius 2 is 2.25 bits per heavy atom. The number of rotatable bonds is 7. The Kier molecular flexibility index (Phi) is 5.86. The third kappa shape index (κ3) is 4.62. The molecule has 1 aromatic rings. The van der Waals surface area contributed by atoms with Crippen molar-refractivity contribution >= 4 is 0 Å². The van der Waals surface area contributed by atoms with E-state index in [1.165, 1.54) is 0 Å². The maximum absolute atomic E-state index is 5.69. The largest absolute Gasteiger partial charge is 0.477 e. The summed E-state index contributed by atoms with van der Waals surface area (Å²) in [6.45, 7) is 9.01.